The summed E-state index contributed by atoms with van der Waals surface area (Å²) in [6, 6.07) is 0.472. The highest BCUT2D eigenvalue weighted by molar-refractivity contribution is 7.09. The van der Waals surface area contributed by atoms with Gasteiger partial charge in [0.05, 0.1) is 11.7 Å². The van der Waals surface area contributed by atoms with Crippen LogP contribution in [0.2, 0.25) is 0 Å². The van der Waals surface area contributed by atoms with Gasteiger partial charge in [0.25, 0.3) is 0 Å². The maximum absolute atomic E-state index is 11.0. The Morgan fingerprint density at radius 3 is 3.12 bits per heavy atom. The molecule has 16 heavy (non-hydrogen) atoms. The molecule has 1 fully saturated rings. The van der Waals surface area contributed by atoms with Gasteiger partial charge in [0.1, 0.15) is 10.8 Å². The lowest BCUT2D eigenvalue weighted by Crippen LogP contribution is -2.29. The molecule has 2 rings (SSSR count). The van der Waals surface area contributed by atoms with Gasteiger partial charge in [-0.25, -0.2) is 4.98 Å². The van der Waals surface area contributed by atoms with Crippen LogP contribution in [0, 0.1) is 0 Å². The van der Waals surface area contributed by atoms with E-state index in [9.17, 15) is 4.79 Å². The van der Waals surface area contributed by atoms with Gasteiger partial charge in [-0.1, -0.05) is 6.42 Å². The van der Waals surface area contributed by atoms with Crippen LogP contribution in [0.4, 0.5) is 0 Å². The summed E-state index contributed by atoms with van der Waals surface area (Å²) in [7, 11) is 2.16. The minimum atomic E-state index is 0.189. The fourth-order valence-electron chi connectivity index (χ4n) is 2.20. The Kier molecular flexibility index (Phi) is 3.71. The third-order valence-corrected chi connectivity index (χ3v) is 4.05. The Bertz CT molecular complexity index is 375. The third kappa shape index (κ3) is 2.68. The van der Waals surface area contributed by atoms with E-state index in [1.165, 1.54) is 24.3 Å². The van der Waals surface area contributed by atoms with Gasteiger partial charge in [0.2, 0.25) is 0 Å². The second-order valence-corrected chi connectivity index (χ2v) is 5.44. The van der Waals surface area contributed by atoms with Crippen LogP contribution in [0.1, 0.15) is 42.9 Å². The van der Waals surface area contributed by atoms with Gasteiger partial charge in [0, 0.05) is 11.8 Å². The number of rotatable bonds is 3. The van der Waals surface area contributed by atoms with E-state index < -0.39 is 0 Å². The normalized spacial score (nSPS) is 22.2. The van der Waals surface area contributed by atoms with Crippen molar-refractivity contribution in [2.45, 2.75) is 38.6 Å². The van der Waals surface area contributed by atoms with E-state index >= 15 is 0 Å². The number of nitrogens with zero attached hydrogens (tertiary/aromatic N) is 2. The molecule has 0 N–H and O–H groups in total. The van der Waals surface area contributed by atoms with Gasteiger partial charge >= 0.3 is 0 Å². The largest absolute Gasteiger partial charge is 0.300 e. The molecule has 1 aromatic heterocycles. The van der Waals surface area contributed by atoms with Crippen LogP contribution in [-0.2, 0) is 11.2 Å². The zero-order chi connectivity index (χ0) is 11.5. The summed E-state index contributed by atoms with van der Waals surface area (Å²) in [6.07, 6.45) is 4.26. The van der Waals surface area contributed by atoms with Crippen molar-refractivity contribution >= 4 is 17.1 Å². The van der Waals surface area contributed by atoms with Gasteiger partial charge < -0.3 is 0 Å². The highest BCUT2D eigenvalue weighted by atomic mass is 32.1. The third-order valence-electron chi connectivity index (χ3n) is 3.06. The second kappa shape index (κ2) is 5.06. The number of ketones is 1. The molecule has 0 amide bonds. The van der Waals surface area contributed by atoms with E-state index in [-0.39, 0.29) is 5.78 Å². The average Bonchev–Trinajstić information content (AvgIpc) is 2.66. The lowest BCUT2D eigenvalue weighted by molar-refractivity contribution is -0.116. The standard InChI is InChI=1S/C12H18N2OS/c1-9(15)7-10-8-16-12(13-10)11-5-3-4-6-14(11)2/h8,11H,3-7H2,1-2H3. The SMILES string of the molecule is CC(=O)Cc1csc(C2CCCCN2C)n1. The number of hydrogen-bond acceptors (Lipinski definition) is 4. The highest BCUT2D eigenvalue weighted by Crippen LogP contribution is 2.31. The van der Waals surface area contributed by atoms with Crippen molar-refractivity contribution in [3.8, 4) is 0 Å². The summed E-state index contributed by atoms with van der Waals surface area (Å²) in [5.74, 6) is 0.189. The minimum absolute atomic E-state index is 0.189. The predicted octanol–water partition coefficient (Wildman–Crippen LogP) is 2.43. The van der Waals surface area contributed by atoms with Gasteiger partial charge in [0.15, 0.2) is 0 Å². The molecule has 88 valence electrons. The molecule has 1 aliphatic heterocycles. The quantitative estimate of drug-likeness (QED) is 0.811. The molecule has 0 spiro atoms. The predicted molar refractivity (Wildman–Crippen MR) is 65.7 cm³/mol. The van der Waals surface area contributed by atoms with E-state index in [2.05, 4.69) is 16.9 Å². The van der Waals surface area contributed by atoms with Crippen LogP contribution in [0.3, 0.4) is 0 Å². The fraction of sp³-hybridized carbons (Fsp3) is 0.667. The first-order chi connectivity index (χ1) is 7.66. The average molecular weight is 238 g/mol. The van der Waals surface area contributed by atoms with Crippen LogP contribution >= 0.6 is 11.3 Å². The van der Waals surface area contributed by atoms with E-state index in [0.717, 1.165) is 12.2 Å². The summed E-state index contributed by atoms with van der Waals surface area (Å²) < 4.78 is 0. The van der Waals surface area contributed by atoms with Crippen molar-refractivity contribution < 1.29 is 4.79 Å². The molecule has 1 unspecified atom stereocenters. The van der Waals surface area contributed by atoms with Crippen molar-refractivity contribution in [2.75, 3.05) is 13.6 Å². The molecule has 3 nitrogen and oxygen atoms in total. The summed E-state index contributed by atoms with van der Waals surface area (Å²) in [5.41, 5.74) is 0.937. The molecule has 1 atom stereocenters. The lowest BCUT2D eigenvalue weighted by atomic mass is 10.0. The van der Waals surface area contributed by atoms with Crippen LogP contribution < -0.4 is 0 Å². The smallest absolute Gasteiger partial charge is 0.135 e. The van der Waals surface area contributed by atoms with Gasteiger partial charge in [-0.05, 0) is 33.4 Å². The van der Waals surface area contributed by atoms with Crippen molar-refractivity contribution in [2.24, 2.45) is 0 Å². The molecular formula is C12H18N2OS. The van der Waals surface area contributed by atoms with Crippen LogP contribution in [-0.4, -0.2) is 29.3 Å². The molecule has 1 aliphatic rings. The topological polar surface area (TPSA) is 33.2 Å². The number of aromatic nitrogens is 1. The van der Waals surface area contributed by atoms with Gasteiger partial charge in [-0.3, -0.25) is 9.69 Å². The molecule has 0 aliphatic carbocycles. The van der Waals surface area contributed by atoms with E-state index in [1.807, 2.05) is 5.38 Å². The summed E-state index contributed by atoms with van der Waals surface area (Å²) in [5, 5.41) is 3.21. The zero-order valence-electron chi connectivity index (χ0n) is 9.90. The van der Waals surface area contributed by atoms with E-state index in [4.69, 9.17) is 0 Å². The first kappa shape index (κ1) is 11.7. The molecular weight excluding hydrogens is 220 g/mol. The number of thiazole rings is 1. The van der Waals surface area contributed by atoms with Crippen molar-refractivity contribution in [3.05, 3.63) is 16.1 Å². The first-order valence-electron chi connectivity index (χ1n) is 5.81. The summed E-state index contributed by atoms with van der Waals surface area (Å²) in [6.45, 7) is 2.78. The Balaban J connectivity index is 2.08. The lowest BCUT2D eigenvalue weighted by Gasteiger charge is -2.30. The Morgan fingerprint density at radius 1 is 1.62 bits per heavy atom. The van der Waals surface area contributed by atoms with Crippen molar-refractivity contribution in [1.29, 1.82) is 0 Å². The first-order valence-corrected chi connectivity index (χ1v) is 6.69. The van der Waals surface area contributed by atoms with Crippen LogP contribution in [0.15, 0.2) is 5.38 Å². The second-order valence-electron chi connectivity index (χ2n) is 4.55. The zero-order valence-corrected chi connectivity index (χ0v) is 10.7. The fourth-order valence-corrected chi connectivity index (χ4v) is 3.22. The number of carbonyl (C=O) groups is 1. The number of hydrogen-bond donors (Lipinski definition) is 0. The number of piperidine rings is 1. The minimum Gasteiger partial charge on any atom is -0.300 e. The Hall–Kier alpha value is -0.740. The maximum atomic E-state index is 11.0. The molecule has 2 heterocycles. The molecule has 0 radical (unpaired) electrons. The summed E-state index contributed by atoms with van der Waals surface area (Å²) in [4.78, 5) is 18.0. The van der Waals surface area contributed by atoms with Gasteiger partial charge in [-0.2, -0.15) is 0 Å². The van der Waals surface area contributed by atoms with Crippen molar-refractivity contribution in [1.82, 2.24) is 9.88 Å². The van der Waals surface area contributed by atoms with E-state index in [0.29, 0.717) is 12.5 Å². The van der Waals surface area contributed by atoms with Crippen molar-refractivity contribution in [3.63, 3.8) is 0 Å². The van der Waals surface area contributed by atoms with Gasteiger partial charge in [-0.15, -0.1) is 11.3 Å². The molecule has 1 aromatic rings. The van der Waals surface area contributed by atoms with Crippen LogP contribution in [0.25, 0.3) is 0 Å². The Morgan fingerprint density at radius 2 is 2.44 bits per heavy atom. The monoisotopic (exact) mass is 238 g/mol. The van der Waals surface area contributed by atoms with E-state index in [1.54, 1.807) is 18.3 Å². The summed E-state index contributed by atoms with van der Waals surface area (Å²) >= 11 is 1.70. The number of carbonyl (C=O) groups excluding carboxylic acids is 1. The Labute approximate surface area is 100 Å². The maximum Gasteiger partial charge on any atom is 0.135 e. The van der Waals surface area contributed by atoms with Crippen LogP contribution in [0.5, 0.6) is 0 Å². The molecule has 1 saturated heterocycles. The number of likely N-dealkylation sites (tertiary alicyclic amines) is 1. The molecule has 0 aromatic carbocycles. The highest BCUT2D eigenvalue weighted by Gasteiger charge is 2.23. The molecule has 0 saturated carbocycles. The molecule has 0 bridgehead atoms. The number of Topliss-reactive ketones (excluding diaryl/α,β-unsaturated/α-hetero) is 1. The molecule has 4 heteroatoms.